The molecule has 0 aromatic heterocycles. The molecule has 1 rings (SSSR count). The van der Waals surface area contributed by atoms with Crippen molar-refractivity contribution in [3.05, 3.63) is 29.8 Å². The van der Waals surface area contributed by atoms with Crippen molar-refractivity contribution in [3.8, 4) is 5.75 Å². The van der Waals surface area contributed by atoms with Gasteiger partial charge in [-0.1, -0.05) is 32.9 Å². The first-order valence-corrected chi connectivity index (χ1v) is 6.74. The molecule has 2 N–H and O–H groups in total. The zero-order valence-corrected chi connectivity index (χ0v) is 11.8. The lowest BCUT2D eigenvalue weighted by Crippen LogP contribution is -2.39. The van der Waals surface area contributed by atoms with Crippen molar-refractivity contribution in [2.75, 3.05) is 13.2 Å². The van der Waals surface area contributed by atoms with Gasteiger partial charge in [0.25, 0.3) is 0 Å². The summed E-state index contributed by atoms with van der Waals surface area (Å²) in [4.78, 5) is 0. The maximum Gasteiger partial charge on any atom is 0.119 e. The molecule has 0 bridgehead atoms. The number of likely N-dealkylation sites (N-methyl/N-ethyl adjacent to an activating group) is 1. The molecule has 0 fully saturated rings. The Hall–Kier alpha value is -1.06. The maximum atomic E-state index is 10.4. The van der Waals surface area contributed by atoms with Crippen LogP contribution in [0, 0.1) is 5.92 Å². The Labute approximate surface area is 110 Å². The van der Waals surface area contributed by atoms with E-state index in [2.05, 4.69) is 26.1 Å². The smallest absolute Gasteiger partial charge is 0.119 e. The van der Waals surface area contributed by atoms with Gasteiger partial charge in [0.05, 0.1) is 12.7 Å². The lowest BCUT2D eigenvalue weighted by Gasteiger charge is -2.27. The Morgan fingerprint density at radius 2 is 1.78 bits per heavy atom. The monoisotopic (exact) mass is 251 g/mol. The molecule has 0 aliphatic heterocycles. The standard InChI is InChI=1S/C15H25NO2/c1-5-16-14(11(3)4)15(17)12-7-9-13(10-8-12)18-6-2/h7-11,14-17H,5-6H2,1-4H3. The van der Waals surface area contributed by atoms with Gasteiger partial charge in [0.2, 0.25) is 0 Å². The van der Waals surface area contributed by atoms with E-state index in [1.807, 2.05) is 31.2 Å². The van der Waals surface area contributed by atoms with Crippen molar-refractivity contribution in [1.82, 2.24) is 5.32 Å². The molecule has 0 aliphatic rings. The van der Waals surface area contributed by atoms with E-state index in [4.69, 9.17) is 4.74 Å². The summed E-state index contributed by atoms with van der Waals surface area (Å²) in [5.74, 6) is 1.23. The minimum atomic E-state index is -0.486. The number of hydrogen-bond acceptors (Lipinski definition) is 3. The van der Waals surface area contributed by atoms with Gasteiger partial charge in [0.1, 0.15) is 5.75 Å². The summed E-state index contributed by atoms with van der Waals surface area (Å²) >= 11 is 0. The van der Waals surface area contributed by atoms with Crippen molar-refractivity contribution < 1.29 is 9.84 Å². The Morgan fingerprint density at radius 1 is 1.17 bits per heavy atom. The SMILES string of the molecule is CCNC(C(C)C)C(O)c1ccc(OCC)cc1. The topological polar surface area (TPSA) is 41.5 Å². The minimum absolute atomic E-state index is 0.0768. The van der Waals surface area contributed by atoms with E-state index in [0.29, 0.717) is 12.5 Å². The molecule has 0 saturated heterocycles. The Bertz CT molecular complexity index is 335. The van der Waals surface area contributed by atoms with Gasteiger partial charge in [-0.05, 0) is 37.1 Å². The number of ether oxygens (including phenoxy) is 1. The van der Waals surface area contributed by atoms with E-state index in [0.717, 1.165) is 17.9 Å². The molecule has 2 atom stereocenters. The van der Waals surface area contributed by atoms with E-state index in [9.17, 15) is 5.11 Å². The molecule has 0 heterocycles. The van der Waals surface area contributed by atoms with Crippen molar-refractivity contribution in [2.24, 2.45) is 5.92 Å². The molecule has 102 valence electrons. The number of nitrogens with one attached hydrogen (secondary N) is 1. The predicted molar refractivity (Wildman–Crippen MR) is 74.9 cm³/mol. The molecule has 1 aromatic carbocycles. The molecule has 3 nitrogen and oxygen atoms in total. The van der Waals surface area contributed by atoms with E-state index in [1.165, 1.54) is 0 Å². The molecular weight excluding hydrogens is 226 g/mol. The molecule has 1 aromatic rings. The third-order valence-electron chi connectivity index (χ3n) is 3.03. The van der Waals surface area contributed by atoms with E-state index < -0.39 is 6.10 Å². The normalized spacial score (nSPS) is 14.6. The zero-order chi connectivity index (χ0) is 13.5. The average Bonchev–Trinajstić information content (AvgIpc) is 2.36. The Morgan fingerprint density at radius 3 is 2.22 bits per heavy atom. The van der Waals surface area contributed by atoms with Crippen LogP contribution in [0.1, 0.15) is 39.4 Å². The third kappa shape index (κ3) is 4.00. The van der Waals surface area contributed by atoms with Crippen LogP contribution >= 0.6 is 0 Å². The second-order valence-corrected chi connectivity index (χ2v) is 4.77. The van der Waals surface area contributed by atoms with Gasteiger partial charge in [-0.15, -0.1) is 0 Å². The van der Waals surface area contributed by atoms with Gasteiger partial charge in [-0.2, -0.15) is 0 Å². The van der Waals surface area contributed by atoms with Crippen molar-refractivity contribution in [1.29, 1.82) is 0 Å². The van der Waals surface area contributed by atoms with Crippen molar-refractivity contribution in [3.63, 3.8) is 0 Å². The molecule has 0 aliphatic carbocycles. The quantitative estimate of drug-likeness (QED) is 0.783. The number of benzene rings is 1. The van der Waals surface area contributed by atoms with Crippen LogP contribution in [-0.2, 0) is 0 Å². The minimum Gasteiger partial charge on any atom is -0.494 e. The van der Waals surface area contributed by atoms with Crippen LogP contribution in [0.2, 0.25) is 0 Å². The molecule has 3 heteroatoms. The predicted octanol–water partition coefficient (Wildman–Crippen LogP) is 2.75. The molecule has 18 heavy (non-hydrogen) atoms. The molecule has 0 saturated carbocycles. The van der Waals surface area contributed by atoms with Gasteiger partial charge < -0.3 is 15.2 Å². The highest BCUT2D eigenvalue weighted by Crippen LogP contribution is 2.24. The number of aliphatic hydroxyl groups is 1. The van der Waals surface area contributed by atoms with Crippen LogP contribution in [0.3, 0.4) is 0 Å². The highest BCUT2D eigenvalue weighted by atomic mass is 16.5. The van der Waals surface area contributed by atoms with Crippen LogP contribution in [0.15, 0.2) is 24.3 Å². The first-order valence-electron chi connectivity index (χ1n) is 6.74. The van der Waals surface area contributed by atoms with Crippen LogP contribution in [-0.4, -0.2) is 24.3 Å². The van der Waals surface area contributed by atoms with Crippen LogP contribution in [0.5, 0.6) is 5.75 Å². The van der Waals surface area contributed by atoms with Crippen molar-refractivity contribution in [2.45, 2.75) is 39.8 Å². The zero-order valence-electron chi connectivity index (χ0n) is 11.8. The van der Waals surface area contributed by atoms with Gasteiger partial charge in [0, 0.05) is 6.04 Å². The molecular formula is C15H25NO2. The van der Waals surface area contributed by atoms with Crippen LogP contribution in [0.25, 0.3) is 0 Å². The largest absolute Gasteiger partial charge is 0.494 e. The highest BCUT2D eigenvalue weighted by Gasteiger charge is 2.22. The molecule has 0 radical (unpaired) electrons. The summed E-state index contributed by atoms with van der Waals surface area (Å²) in [7, 11) is 0. The summed E-state index contributed by atoms with van der Waals surface area (Å²) < 4.78 is 5.40. The second-order valence-electron chi connectivity index (χ2n) is 4.77. The summed E-state index contributed by atoms with van der Waals surface area (Å²) in [6, 6.07) is 7.76. The third-order valence-corrected chi connectivity index (χ3v) is 3.03. The van der Waals surface area contributed by atoms with E-state index >= 15 is 0 Å². The first-order chi connectivity index (χ1) is 8.60. The molecule has 2 unspecified atom stereocenters. The molecule has 0 spiro atoms. The fourth-order valence-corrected chi connectivity index (χ4v) is 2.08. The van der Waals surface area contributed by atoms with Gasteiger partial charge in [-0.3, -0.25) is 0 Å². The highest BCUT2D eigenvalue weighted by molar-refractivity contribution is 5.29. The van der Waals surface area contributed by atoms with Gasteiger partial charge >= 0.3 is 0 Å². The summed E-state index contributed by atoms with van der Waals surface area (Å²) in [6.07, 6.45) is -0.486. The maximum absolute atomic E-state index is 10.4. The second kappa shape index (κ2) is 7.39. The van der Waals surface area contributed by atoms with Crippen LogP contribution in [0.4, 0.5) is 0 Å². The average molecular weight is 251 g/mol. The Balaban J connectivity index is 2.77. The summed E-state index contributed by atoms with van der Waals surface area (Å²) in [5.41, 5.74) is 0.929. The van der Waals surface area contributed by atoms with E-state index in [1.54, 1.807) is 0 Å². The number of hydrogen-bond donors (Lipinski definition) is 2. The van der Waals surface area contributed by atoms with Crippen molar-refractivity contribution >= 4 is 0 Å². The van der Waals surface area contributed by atoms with Gasteiger partial charge in [-0.25, -0.2) is 0 Å². The fourth-order valence-electron chi connectivity index (χ4n) is 2.08. The summed E-state index contributed by atoms with van der Waals surface area (Å²) in [6.45, 7) is 9.77. The summed E-state index contributed by atoms with van der Waals surface area (Å²) in [5, 5.41) is 13.7. The number of aliphatic hydroxyl groups excluding tert-OH is 1. The fraction of sp³-hybridized carbons (Fsp3) is 0.600. The van der Waals surface area contributed by atoms with Crippen LogP contribution < -0.4 is 10.1 Å². The van der Waals surface area contributed by atoms with E-state index in [-0.39, 0.29) is 6.04 Å². The number of rotatable bonds is 7. The molecule has 0 amide bonds. The lowest BCUT2D eigenvalue weighted by molar-refractivity contribution is 0.106. The van der Waals surface area contributed by atoms with Gasteiger partial charge in [0.15, 0.2) is 0 Å². The lowest BCUT2D eigenvalue weighted by atomic mass is 9.93. The first kappa shape index (κ1) is 15.0. The Kier molecular flexibility index (Phi) is 6.16.